The van der Waals surface area contributed by atoms with E-state index in [0.717, 1.165) is 59.7 Å². The van der Waals surface area contributed by atoms with Crippen LogP contribution in [0.25, 0.3) is 22.0 Å². The van der Waals surface area contributed by atoms with Gasteiger partial charge in [0.05, 0.1) is 63.5 Å². The second kappa shape index (κ2) is 28.9. The minimum atomic E-state index is -1.97. The number of amides is 5. The molecule has 10 rings (SSSR count). The van der Waals surface area contributed by atoms with Gasteiger partial charge in [-0.3, -0.25) is 28.8 Å². The first-order chi connectivity index (χ1) is 42.7. The Hall–Kier alpha value is -8.72. The molecule has 5 aromatic rings. The zero-order valence-electron chi connectivity index (χ0n) is 49.2. The number of unbranched alkanes of at least 4 members (excludes halogenated alkanes) is 1. The minimum Gasteiger partial charge on any atom is -0.457 e. The number of esters is 1. The highest BCUT2D eigenvalue weighted by Crippen LogP contribution is 2.44. The molecule has 2 aromatic heterocycles. The molecule has 4 aliphatic heterocycles. The van der Waals surface area contributed by atoms with Crippen molar-refractivity contribution in [2.45, 2.75) is 116 Å². The smallest absolute Gasteiger partial charge is 0.457 e. The molecule has 6 heterocycles. The van der Waals surface area contributed by atoms with Crippen LogP contribution in [-0.4, -0.2) is 138 Å². The molecular weight excluding hydrogens is 1140 g/mol. The highest BCUT2D eigenvalue weighted by molar-refractivity contribution is 5.97. The summed E-state index contributed by atoms with van der Waals surface area (Å²) in [6.07, 6.45) is 6.61. The SMILES string of the molecule is C=C1CCC(=O)N1CC1CCC(C(=O)NCc2cn(CCOCCOCCNC(=O)COCC(=O)N[C@@H](CCCCN)C(=O)Nc3ccc(COC(=O)O[C@]4(CC)C(=O)OCc5c4cc4n(c5=O)Cc5cc6cc7c(cc6cc5-4)OCO7)cc3)nn2)CC1. The number of carbonyl (C=O) groups is 7. The molecule has 0 radical (unpaired) electrons. The van der Waals surface area contributed by atoms with Gasteiger partial charge in [0.2, 0.25) is 41.9 Å². The predicted molar refractivity (Wildman–Crippen MR) is 315 cm³/mol. The maximum Gasteiger partial charge on any atom is 0.510 e. The molecular formula is C62H74N10O16. The molecule has 468 valence electrons. The number of likely N-dealkylation sites (tertiary alicyclic amines) is 1. The first kappa shape index (κ1) is 62.3. The largest absolute Gasteiger partial charge is 0.510 e. The van der Waals surface area contributed by atoms with Crippen molar-refractivity contribution in [1.29, 1.82) is 0 Å². The maximum absolute atomic E-state index is 14.1. The molecule has 6 N–H and O–H groups in total. The Balaban J connectivity index is 0.592. The van der Waals surface area contributed by atoms with E-state index in [-0.39, 0.29) is 93.6 Å². The van der Waals surface area contributed by atoms with Crippen molar-refractivity contribution in [3.05, 3.63) is 111 Å². The second-order valence-electron chi connectivity index (χ2n) is 22.4. The normalized spacial score (nSPS) is 18.5. The van der Waals surface area contributed by atoms with Gasteiger partial charge in [-0.2, -0.15) is 0 Å². The van der Waals surface area contributed by atoms with Gasteiger partial charge in [-0.05, 0) is 135 Å². The topological polar surface area (TPSA) is 323 Å². The number of anilines is 1. The first-order valence-electron chi connectivity index (χ1n) is 29.9. The molecule has 26 heteroatoms. The van der Waals surface area contributed by atoms with Crippen molar-refractivity contribution in [3.63, 3.8) is 0 Å². The van der Waals surface area contributed by atoms with E-state index in [1.165, 1.54) is 0 Å². The van der Waals surface area contributed by atoms with Gasteiger partial charge in [0.1, 0.15) is 38.2 Å². The van der Waals surface area contributed by atoms with E-state index in [4.69, 9.17) is 43.6 Å². The number of pyridine rings is 1. The number of nitrogens with one attached hydrogen (secondary N) is 4. The molecule has 5 aliphatic rings. The molecule has 2 atom stereocenters. The van der Waals surface area contributed by atoms with Gasteiger partial charge in [0.15, 0.2) is 11.5 Å². The quantitative estimate of drug-likeness (QED) is 0.0322. The van der Waals surface area contributed by atoms with Crippen molar-refractivity contribution in [2.24, 2.45) is 17.6 Å². The Morgan fingerprint density at radius 1 is 0.852 bits per heavy atom. The Kier molecular flexibility index (Phi) is 20.4. The van der Waals surface area contributed by atoms with Gasteiger partial charge in [0.25, 0.3) is 5.56 Å². The molecule has 0 bridgehead atoms. The van der Waals surface area contributed by atoms with Crippen LogP contribution in [0.5, 0.6) is 11.5 Å². The summed E-state index contributed by atoms with van der Waals surface area (Å²) in [6, 6.07) is 14.9. The van der Waals surface area contributed by atoms with Crippen LogP contribution in [0, 0.1) is 11.8 Å². The summed E-state index contributed by atoms with van der Waals surface area (Å²) in [7, 11) is 0. The van der Waals surface area contributed by atoms with Crippen LogP contribution in [0.4, 0.5) is 10.5 Å². The lowest BCUT2D eigenvalue weighted by Crippen LogP contribution is -2.47. The number of carbonyl (C=O) groups excluding carboxylic acids is 7. The number of fused-ring (bicyclic) bond motifs is 6. The summed E-state index contributed by atoms with van der Waals surface area (Å²) in [5.74, 6) is -0.684. The molecule has 1 aliphatic carbocycles. The average molecular weight is 1220 g/mol. The molecule has 0 unspecified atom stereocenters. The zero-order valence-corrected chi connectivity index (χ0v) is 49.2. The fraction of sp³-hybridized carbons (Fsp3) is 0.484. The third kappa shape index (κ3) is 15.0. The molecule has 1 saturated carbocycles. The van der Waals surface area contributed by atoms with Gasteiger partial charge >= 0.3 is 12.1 Å². The summed E-state index contributed by atoms with van der Waals surface area (Å²) < 4.78 is 47.8. The first-order valence-corrected chi connectivity index (χ1v) is 29.9. The number of nitrogens with two attached hydrogens (primary N) is 1. The average Bonchev–Trinajstić information content (AvgIpc) is 1.67. The van der Waals surface area contributed by atoms with Crippen LogP contribution in [0.15, 0.2) is 77.9 Å². The van der Waals surface area contributed by atoms with Crippen molar-refractivity contribution in [1.82, 2.24) is 40.4 Å². The highest BCUT2D eigenvalue weighted by Gasteiger charge is 2.51. The van der Waals surface area contributed by atoms with Crippen molar-refractivity contribution in [2.75, 3.05) is 71.4 Å². The lowest BCUT2D eigenvalue weighted by atomic mass is 9.81. The van der Waals surface area contributed by atoms with Crippen LogP contribution < -0.4 is 42.0 Å². The van der Waals surface area contributed by atoms with Gasteiger partial charge in [-0.25, -0.2) is 14.3 Å². The minimum absolute atomic E-state index is 0.00409. The molecule has 0 spiro atoms. The number of ether oxygens (including phenoxy) is 8. The van der Waals surface area contributed by atoms with Gasteiger partial charge < -0.3 is 74.4 Å². The standard InChI is InChI=1S/C62H74N10O16/c1-3-62(49-28-51-47-25-43-27-53-52(86-37-87-53)26-42(43)24-44(47)31-72(51)59(78)48(49)34-84-60(62)79)88-61(80)85-33-40-10-14-45(15-11-40)66-58(77)50(6-4-5-17-63)67-55(74)36-83-35-54(73)64-18-20-81-22-23-82-21-19-70-32-46(68-69-70)29-65-57(76)41-12-8-39(9-13-41)30-71-38(2)7-16-56(71)75/h10-11,14-15,24-28,32,39,41,50H,2-9,12-13,16-23,29-31,33-37,63H2,1H3,(H,64,73)(H,65,76)(H,66,77)(H,67,74)/t39?,41?,50-,62-/m0/s1. The Labute approximate surface area is 507 Å². The number of rotatable bonds is 29. The van der Waals surface area contributed by atoms with Crippen molar-refractivity contribution in [3.8, 4) is 22.8 Å². The van der Waals surface area contributed by atoms with Gasteiger partial charge in [-0.15, -0.1) is 5.10 Å². The summed E-state index contributed by atoms with van der Waals surface area (Å²) in [5, 5.41) is 21.2. The van der Waals surface area contributed by atoms with Crippen LogP contribution in [0.3, 0.4) is 0 Å². The van der Waals surface area contributed by atoms with Gasteiger partial charge in [-0.1, -0.05) is 30.8 Å². The van der Waals surface area contributed by atoms with Crippen LogP contribution in [0.2, 0.25) is 0 Å². The second-order valence-corrected chi connectivity index (χ2v) is 22.4. The number of benzene rings is 3. The van der Waals surface area contributed by atoms with E-state index in [2.05, 4.69) is 38.2 Å². The number of hydrogen-bond acceptors (Lipinski definition) is 19. The van der Waals surface area contributed by atoms with E-state index in [1.54, 1.807) is 52.7 Å². The van der Waals surface area contributed by atoms with E-state index in [1.807, 2.05) is 29.2 Å². The number of aromatic nitrogens is 4. The number of allylic oxidation sites excluding steroid dienone is 1. The number of nitrogens with zero attached hydrogens (tertiary/aromatic N) is 5. The van der Waals surface area contributed by atoms with Crippen molar-refractivity contribution >= 4 is 58.1 Å². The number of hydrogen-bond donors (Lipinski definition) is 5. The lowest BCUT2D eigenvalue weighted by molar-refractivity contribution is -0.175. The fourth-order valence-corrected chi connectivity index (χ4v) is 11.6. The van der Waals surface area contributed by atoms with Crippen LogP contribution in [-0.2, 0) is 95.6 Å². The van der Waals surface area contributed by atoms with Gasteiger partial charge in [0, 0.05) is 47.9 Å². The van der Waals surface area contributed by atoms with E-state index in [9.17, 15) is 38.4 Å². The monoisotopic (exact) mass is 1210 g/mol. The van der Waals surface area contributed by atoms with Crippen LogP contribution in [0.1, 0.15) is 99.1 Å². The third-order valence-electron chi connectivity index (χ3n) is 16.5. The fourth-order valence-electron chi connectivity index (χ4n) is 11.6. The van der Waals surface area contributed by atoms with E-state index in [0.29, 0.717) is 98.7 Å². The predicted octanol–water partition coefficient (Wildman–Crippen LogP) is 4.34. The Morgan fingerprint density at radius 3 is 2.34 bits per heavy atom. The zero-order chi connectivity index (χ0) is 61.7. The van der Waals surface area contributed by atoms with E-state index < -0.39 is 54.7 Å². The number of cyclic esters (lactones) is 1. The maximum atomic E-state index is 14.1. The highest BCUT2D eigenvalue weighted by atomic mass is 16.7. The molecule has 5 amide bonds. The molecule has 1 saturated heterocycles. The molecule has 26 nitrogen and oxygen atoms in total. The summed E-state index contributed by atoms with van der Waals surface area (Å²) in [6.45, 7) is 7.80. The molecule has 2 fully saturated rings. The molecule has 88 heavy (non-hydrogen) atoms. The Morgan fingerprint density at radius 2 is 1.60 bits per heavy atom. The van der Waals surface area contributed by atoms with Crippen molar-refractivity contribution < 1.29 is 71.5 Å². The summed E-state index contributed by atoms with van der Waals surface area (Å²) in [4.78, 5) is 107. The molecule has 3 aromatic carbocycles. The summed E-state index contributed by atoms with van der Waals surface area (Å²) >= 11 is 0. The van der Waals surface area contributed by atoms with Crippen LogP contribution >= 0.6 is 0 Å². The lowest BCUT2D eigenvalue weighted by Gasteiger charge is -2.35. The van der Waals surface area contributed by atoms with E-state index >= 15 is 0 Å². The third-order valence-corrected chi connectivity index (χ3v) is 16.5. The Bertz CT molecular complexity index is 3470. The summed E-state index contributed by atoms with van der Waals surface area (Å²) in [5.41, 5.74) is 8.47.